The Morgan fingerprint density at radius 3 is 2.74 bits per heavy atom. The van der Waals surface area contributed by atoms with Gasteiger partial charge in [0.25, 0.3) is 0 Å². The number of amides is 1. The first-order chi connectivity index (χ1) is 8.73. The van der Waals surface area contributed by atoms with Gasteiger partial charge < -0.3 is 14.9 Å². The number of rotatable bonds is 4. The molecule has 0 aliphatic rings. The minimum atomic E-state index is -1.04. The first-order valence-electron chi connectivity index (χ1n) is 5.61. The van der Waals surface area contributed by atoms with Crippen molar-refractivity contribution in [2.75, 3.05) is 10.6 Å². The van der Waals surface area contributed by atoms with Gasteiger partial charge in [-0.3, -0.25) is 5.32 Å². The Bertz CT molecular complexity index is 433. The minimum absolute atomic E-state index is 0.251. The molecule has 0 radical (unpaired) electrons. The first-order valence-corrected chi connectivity index (χ1v) is 7.54. The summed E-state index contributed by atoms with van der Waals surface area (Å²) in [6, 6.07) is 0. The molecule has 1 aromatic rings. The molecule has 2 unspecified atom stereocenters. The van der Waals surface area contributed by atoms with Gasteiger partial charge in [-0.2, -0.15) is 0 Å². The van der Waals surface area contributed by atoms with Gasteiger partial charge in [-0.05, 0) is 20.8 Å². The first kappa shape index (κ1) is 16.4. The quantitative estimate of drug-likeness (QED) is 0.723. The number of halogens is 1. The predicted octanol–water partition coefficient (Wildman–Crippen LogP) is 2.28. The Morgan fingerprint density at radius 2 is 2.21 bits per heavy atom. The number of ether oxygens (including phenoxy) is 1. The van der Waals surface area contributed by atoms with E-state index >= 15 is 0 Å². The molecule has 1 aromatic heterocycles. The van der Waals surface area contributed by atoms with Crippen LogP contribution in [0.1, 0.15) is 31.8 Å². The fraction of sp³-hybridized carbons (Fsp3) is 0.636. The Kier molecular flexibility index (Phi) is 5.72. The molecule has 6 nitrogen and oxygen atoms in total. The predicted molar refractivity (Wildman–Crippen MR) is 76.7 cm³/mol. The number of carbonyl (C=O) groups is 1. The molecule has 0 spiro atoms. The van der Waals surface area contributed by atoms with Gasteiger partial charge in [-0.1, -0.05) is 27.3 Å². The lowest BCUT2D eigenvalue weighted by Crippen LogP contribution is -2.27. The zero-order valence-electron chi connectivity index (χ0n) is 10.9. The number of aliphatic hydroxyl groups excluding tert-OH is 2. The molecule has 0 aromatic carbocycles. The highest BCUT2D eigenvalue weighted by Gasteiger charge is 2.21. The number of nitrogens with one attached hydrogen (secondary N) is 1. The van der Waals surface area contributed by atoms with Crippen LogP contribution in [-0.2, 0) is 4.74 Å². The number of aromatic nitrogens is 1. The van der Waals surface area contributed by atoms with E-state index in [0.717, 1.165) is 11.3 Å². The lowest BCUT2D eigenvalue weighted by molar-refractivity contribution is 0.0364. The van der Waals surface area contributed by atoms with Crippen molar-refractivity contribution in [3.8, 4) is 0 Å². The molecular weight excluding hydrogens is 336 g/mol. The van der Waals surface area contributed by atoms with Gasteiger partial charge in [0.2, 0.25) is 0 Å². The fourth-order valence-electron chi connectivity index (χ4n) is 1.15. The number of carbonyl (C=O) groups excluding carboxylic acids is 1. The standard InChI is InChI=1S/C11H17BrN2O4S/c1-11(2,3)18-10(17)14-9-13-5-7(19-9)8(16)6(15)4-12/h5-6,8,15-16H,4H2,1-3H3,(H,13,14,17). The van der Waals surface area contributed by atoms with Crippen LogP contribution < -0.4 is 5.32 Å². The van der Waals surface area contributed by atoms with Crippen molar-refractivity contribution in [2.45, 2.75) is 38.6 Å². The number of anilines is 1. The van der Waals surface area contributed by atoms with Crippen LogP contribution in [0.15, 0.2) is 6.20 Å². The van der Waals surface area contributed by atoms with Gasteiger partial charge in [0.1, 0.15) is 11.7 Å². The second-order valence-corrected chi connectivity index (χ2v) is 6.57. The largest absolute Gasteiger partial charge is 0.444 e. The Morgan fingerprint density at radius 1 is 1.58 bits per heavy atom. The maximum absolute atomic E-state index is 11.5. The highest BCUT2D eigenvalue weighted by molar-refractivity contribution is 9.09. The van der Waals surface area contributed by atoms with E-state index in [-0.39, 0.29) is 5.33 Å². The van der Waals surface area contributed by atoms with E-state index in [9.17, 15) is 15.0 Å². The van der Waals surface area contributed by atoms with Crippen LogP contribution in [0.2, 0.25) is 0 Å². The monoisotopic (exact) mass is 352 g/mol. The Labute approximate surface area is 123 Å². The number of nitrogens with zero attached hydrogens (tertiary/aromatic N) is 1. The molecule has 3 N–H and O–H groups in total. The van der Waals surface area contributed by atoms with Crippen molar-refractivity contribution in [3.05, 3.63) is 11.1 Å². The van der Waals surface area contributed by atoms with Crippen LogP contribution in [0.4, 0.5) is 9.93 Å². The van der Waals surface area contributed by atoms with Crippen LogP contribution in [0.25, 0.3) is 0 Å². The Hall–Kier alpha value is -0.700. The normalized spacial score (nSPS) is 14.8. The van der Waals surface area contributed by atoms with Gasteiger partial charge >= 0.3 is 6.09 Å². The van der Waals surface area contributed by atoms with Crippen LogP contribution >= 0.6 is 27.3 Å². The number of thiazole rings is 1. The average Bonchev–Trinajstić information content (AvgIpc) is 2.72. The summed E-state index contributed by atoms with van der Waals surface area (Å²) < 4.78 is 5.08. The van der Waals surface area contributed by atoms with Gasteiger partial charge in [0.05, 0.1) is 11.0 Å². The van der Waals surface area contributed by atoms with Gasteiger partial charge in [-0.15, -0.1) is 0 Å². The number of hydrogen-bond donors (Lipinski definition) is 3. The summed E-state index contributed by atoms with van der Waals surface area (Å²) in [7, 11) is 0. The van der Waals surface area contributed by atoms with Crippen molar-refractivity contribution < 1.29 is 19.7 Å². The third-order valence-corrected chi connectivity index (χ3v) is 3.59. The van der Waals surface area contributed by atoms with Gasteiger partial charge in [-0.25, -0.2) is 9.78 Å². The van der Waals surface area contributed by atoms with Crippen molar-refractivity contribution in [1.82, 2.24) is 4.98 Å². The average molecular weight is 353 g/mol. The Balaban J connectivity index is 2.63. The van der Waals surface area contributed by atoms with E-state index in [2.05, 4.69) is 26.2 Å². The molecule has 1 amide bonds. The summed E-state index contributed by atoms with van der Waals surface area (Å²) in [5.74, 6) is 0. The van der Waals surface area contributed by atoms with Crippen molar-refractivity contribution in [2.24, 2.45) is 0 Å². The maximum atomic E-state index is 11.5. The molecule has 1 heterocycles. The molecule has 108 valence electrons. The van der Waals surface area contributed by atoms with Crippen LogP contribution in [0.3, 0.4) is 0 Å². The summed E-state index contributed by atoms with van der Waals surface area (Å²) >= 11 is 4.16. The zero-order valence-corrected chi connectivity index (χ0v) is 13.3. The third kappa shape index (κ3) is 5.43. The third-order valence-electron chi connectivity index (χ3n) is 1.95. The van der Waals surface area contributed by atoms with Gasteiger partial charge in [0, 0.05) is 11.5 Å². The molecule has 0 aliphatic carbocycles. The van der Waals surface area contributed by atoms with Crippen molar-refractivity contribution in [1.29, 1.82) is 0 Å². The summed E-state index contributed by atoms with van der Waals surface area (Å²) in [4.78, 5) is 15.9. The van der Waals surface area contributed by atoms with Gasteiger partial charge in [0.15, 0.2) is 5.13 Å². The molecule has 19 heavy (non-hydrogen) atoms. The van der Waals surface area contributed by atoms with E-state index in [1.54, 1.807) is 20.8 Å². The van der Waals surface area contributed by atoms with Crippen LogP contribution in [-0.4, -0.2) is 38.3 Å². The van der Waals surface area contributed by atoms with E-state index in [1.165, 1.54) is 6.20 Å². The molecule has 0 saturated carbocycles. The summed E-state index contributed by atoms with van der Waals surface area (Å²) in [5.41, 5.74) is -0.587. The number of alkyl halides is 1. The lowest BCUT2D eigenvalue weighted by Gasteiger charge is -2.18. The fourth-order valence-corrected chi connectivity index (χ4v) is 2.35. The van der Waals surface area contributed by atoms with E-state index in [1.807, 2.05) is 0 Å². The molecule has 0 bridgehead atoms. The molecule has 1 rings (SSSR count). The van der Waals surface area contributed by atoms with E-state index < -0.39 is 23.9 Å². The lowest BCUT2D eigenvalue weighted by atomic mass is 10.2. The van der Waals surface area contributed by atoms with Crippen molar-refractivity contribution >= 4 is 38.5 Å². The molecule has 8 heteroatoms. The molecule has 2 atom stereocenters. The van der Waals surface area contributed by atoms with Crippen LogP contribution in [0, 0.1) is 0 Å². The van der Waals surface area contributed by atoms with Crippen molar-refractivity contribution in [3.63, 3.8) is 0 Å². The topological polar surface area (TPSA) is 91.7 Å². The molecular formula is C11H17BrN2O4S. The molecule has 0 saturated heterocycles. The maximum Gasteiger partial charge on any atom is 0.413 e. The summed E-state index contributed by atoms with van der Waals surface area (Å²) in [6.45, 7) is 5.28. The molecule has 0 aliphatic heterocycles. The second kappa shape index (κ2) is 6.65. The summed E-state index contributed by atoms with van der Waals surface area (Å²) in [5, 5.41) is 22.3. The van der Waals surface area contributed by atoms with E-state index in [0.29, 0.717) is 10.0 Å². The zero-order chi connectivity index (χ0) is 14.6. The van der Waals surface area contributed by atoms with E-state index in [4.69, 9.17) is 4.74 Å². The smallest absolute Gasteiger partial charge is 0.413 e. The second-order valence-electron chi connectivity index (χ2n) is 4.86. The minimum Gasteiger partial charge on any atom is -0.444 e. The van der Waals surface area contributed by atoms with Crippen LogP contribution in [0.5, 0.6) is 0 Å². The SMILES string of the molecule is CC(C)(C)OC(=O)Nc1ncc(C(O)C(O)CBr)s1. The number of aliphatic hydroxyl groups is 2. The highest BCUT2D eigenvalue weighted by atomic mass is 79.9. The number of hydrogen-bond acceptors (Lipinski definition) is 6. The summed E-state index contributed by atoms with van der Waals surface area (Å²) in [6.07, 6.45) is -1.15. The highest BCUT2D eigenvalue weighted by Crippen LogP contribution is 2.27. The molecule has 0 fully saturated rings.